The number of piperidine rings is 1. The maximum Gasteiger partial charge on any atom is 0.205 e. The van der Waals surface area contributed by atoms with Gasteiger partial charge in [-0.25, -0.2) is 0 Å². The second-order valence-electron chi connectivity index (χ2n) is 8.68. The van der Waals surface area contributed by atoms with Gasteiger partial charge in [0.1, 0.15) is 5.82 Å². The molecule has 2 aliphatic heterocycles. The van der Waals surface area contributed by atoms with E-state index >= 15 is 0 Å². The van der Waals surface area contributed by atoms with Crippen LogP contribution in [0.5, 0.6) is 0 Å². The summed E-state index contributed by atoms with van der Waals surface area (Å²) in [6.07, 6.45) is 6.71. The summed E-state index contributed by atoms with van der Waals surface area (Å²) in [5.41, 5.74) is 14.0. The Bertz CT molecular complexity index is 1010. The van der Waals surface area contributed by atoms with Crippen molar-refractivity contribution < 1.29 is 5.11 Å². The Balaban J connectivity index is 1.38. The number of likely N-dealkylation sites (tertiary alicyclic amines) is 1. The Morgan fingerprint density at radius 1 is 1.27 bits per heavy atom. The number of thioether (sulfide) groups is 1. The highest BCUT2D eigenvalue weighted by Gasteiger charge is 2.44. The molecule has 3 heterocycles. The summed E-state index contributed by atoms with van der Waals surface area (Å²) < 4.78 is 0. The molecule has 1 spiro atoms. The largest absolute Gasteiger partial charge is 0.383 e. The number of rotatable bonds is 2. The third kappa shape index (κ3) is 3.16. The minimum absolute atomic E-state index is 0.286. The molecule has 1 aromatic carbocycles. The van der Waals surface area contributed by atoms with E-state index in [0.717, 1.165) is 54.1 Å². The molecule has 9 heteroatoms. The average Bonchev–Trinajstić information content (AvgIpc) is 3.36. The number of fused-ring (bicyclic) bond motifs is 1. The van der Waals surface area contributed by atoms with Crippen LogP contribution < -0.4 is 11.5 Å². The minimum atomic E-state index is -0.839. The van der Waals surface area contributed by atoms with Gasteiger partial charge in [0.25, 0.3) is 0 Å². The monoisotopic (exact) mass is 427 g/mol. The van der Waals surface area contributed by atoms with Gasteiger partial charge in [0.15, 0.2) is 6.23 Å². The quantitative estimate of drug-likeness (QED) is 0.578. The predicted molar refractivity (Wildman–Crippen MR) is 119 cm³/mol. The molecule has 160 valence electrons. The Kier molecular flexibility index (Phi) is 4.91. The molecule has 2 atom stereocenters. The second kappa shape index (κ2) is 7.47. The maximum absolute atomic E-state index is 11.1. The first kappa shape index (κ1) is 19.7. The number of benzene rings is 1. The highest BCUT2D eigenvalue weighted by Crippen LogP contribution is 2.46. The number of aromatic nitrogens is 2. The van der Waals surface area contributed by atoms with Crippen molar-refractivity contribution in [3.05, 3.63) is 35.1 Å². The lowest BCUT2D eigenvalue weighted by Gasteiger charge is -2.45. The molecule has 0 amide bonds. The van der Waals surface area contributed by atoms with Gasteiger partial charge in [-0.15, -0.1) is 0 Å². The van der Waals surface area contributed by atoms with E-state index in [1.165, 1.54) is 24.6 Å². The van der Waals surface area contributed by atoms with Gasteiger partial charge < -0.3 is 26.4 Å². The molecule has 30 heavy (non-hydrogen) atoms. The van der Waals surface area contributed by atoms with Crippen LogP contribution in [-0.4, -0.2) is 63.5 Å². The molecule has 3 aliphatic rings. The zero-order valence-electron chi connectivity index (χ0n) is 17.2. The number of nitrogens with two attached hydrogens (primary N) is 2. The molecule has 0 radical (unpaired) electrons. The lowest BCUT2D eigenvalue weighted by molar-refractivity contribution is 0.0791. The molecule has 8 nitrogen and oxygen atoms in total. The molecule has 1 saturated carbocycles. The van der Waals surface area contributed by atoms with Gasteiger partial charge in [0.05, 0.1) is 16.6 Å². The number of nitrogens with zero attached hydrogens (tertiary/aromatic N) is 4. The number of hydrogen-bond donors (Lipinski definition) is 4. The van der Waals surface area contributed by atoms with Crippen molar-refractivity contribution in [2.45, 2.75) is 49.3 Å². The summed E-state index contributed by atoms with van der Waals surface area (Å²) in [6.45, 7) is 1.79. The molecule has 5 rings (SSSR count). The fourth-order valence-electron chi connectivity index (χ4n) is 5.14. The van der Waals surface area contributed by atoms with Crippen molar-refractivity contribution in [2.24, 2.45) is 21.9 Å². The van der Waals surface area contributed by atoms with Crippen LogP contribution in [0.1, 0.15) is 32.1 Å². The van der Waals surface area contributed by atoms with Crippen LogP contribution >= 0.6 is 11.8 Å². The Morgan fingerprint density at radius 3 is 2.80 bits per heavy atom. The van der Waals surface area contributed by atoms with Gasteiger partial charge in [0.2, 0.25) is 5.96 Å². The van der Waals surface area contributed by atoms with Crippen molar-refractivity contribution >= 4 is 28.6 Å². The van der Waals surface area contributed by atoms with Gasteiger partial charge in [-0.3, -0.25) is 5.10 Å². The van der Waals surface area contributed by atoms with Crippen LogP contribution in [0.3, 0.4) is 0 Å². The summed E-state index contributed by atoms with van der Waals surface area (Å²) in [7, 11) is 1.88. The summed E-state index contributed by atoms with van der Waals surface area (Å²) >= 11 is 1.44. The number of hydrogen-bond acceptors (Lipinski definition) is 8. The van der Waals surface area contributed by atoms with Gasteiger partial charge in [0, 0.05) is 36.5 Å². The van der Waals surface area contributed by atoms with Crippen molar-refractivity contribution in [1.29, 1.82) is 0 Å². The van der Waals surface area contributed by atoms with E-state index in [2.05, 4.69) is 15.1 Å². The third-order valence-corrected chi connectivity index (χ3v) is 8.29. The molecule has 1 saturated heterocycles. The van der Waals surface area contributed by atoms with Crippen LogP contribution in [0.2, 0.25) is 0 Å². The SMILES string of the molecule is CN1C(N2CCC3(CCC[C@H]3N)CC2)=NC(N)=C(Sc2cccc3[nH]ncc23)C1O. The number of aliphatic imine (C=N–C) groups is 1. The molecule has 1 unspecified atom stereocenters. The Hall–Kier alpha value is -2.23. The van der Waals surface area contributed by atoms with E-state index in [0.29, 0.717) is 16.8 Å². The average molecular weight is 428 g/mol. The van der Waals surface area contributed by atoms with Gasteiger partial charge in [-0.05, 0) is 43.2 Å². The number of H-pyrrole nitrogens is 1. The number of aliphatic hydroxyl groups excluding tert-OH is 1. The number of aliphatic hydroxyl groups is 1. The van der Waals surface area contributed by atoms with E-state index in [1.54, 1.807) is 6.20 Å². The summed E-state index contributed by atoms with van der Waals surface area (Å²) in [5.74, 6) is 1.12. The van der Waals surface area contributed by atoms with E-state index in [1.807, 2.05) is 30.1 Å². The lowest BCUT2D eigenvalue weighted by Crippen LogP contribution is -2.55. The fraction of sp³-hybridized carbons (Fsp3) is 0.524. The molecule has 6 N–H and O–H groups in total. The van der Waals surface area contributed by atoms with Crippen molar-refractivity contribution in [2.75, 3.05) is 20.1 Å². The molecular weight excluding hydrogens is 398 g/mol. The van der Waals surface area contributed by atoms with Gasteiger partial charge >= 0.3 is 0 Å². The molecule has 0 bridgehead atoms. The first-order valence-electron chi connectivity index (χ1n) is 10.6. The van der Waals surface area contributed by atoms with Crippen molar-refractivity contribution in [3.63, 3.8) is 0 Å². The molecule has 1 aliphatic carbocycles. The minimum Gasteiger partial charge on any atom is -0.383 e. The van der Waals surface area contributed by atoms with E-state index < -0.39 is 6.23 Å². The van der Waals surface area contributed by atoms with Crippen molar-refractivity contribution in [3.8, 4) is 0 Å². The maximum atomic E-state index is 11.1. The van der Waals surface area contributed by atoms with E-state index in [4.69, 9.17) is 16.5 Å². The summed E-state index contributed by atoms with van der Waals surface area (Å²) in [4.78, 5) is 10.4. The van der Waals surface area contributed by atoms with Crippen LogP contribution in [0.15, 0.2) is 45.0 Å². The summed E-state index contributed by atoms with van der Waals surface area (Å²) in [5, 5.41) is 19.1. The molecule has 1 aromatic heterocycles. The lowest BCUT2D eigenvalue weighted by atomic mass is 9.74. The standard InChI is InChI=1S/C21H29N7OS/c1-27-19(29)17(30-15-5-2-4-14-13(15)12-24-26-14)18(23)25-20(27)28-10-8-21(9-11-28)7-3-6-16(21)22/h2,4-5,12,16,19,29H,3,6-11,22-23H2,1H3,(H,24,26)/t16-,19?/m1/s1. The second-order valence-corrected chi connectivity index (χ2v) is 9.77. The first-order chi connectivity index (χ1) is 14.5. The molecule has 2 fully saturated rings. The predicted octanol–water partition coefficient (Wildman–Crippen LogP) is 2.00. The van der Waals surface area contributed by atoms with Gasteiger partial charge in [-0.1, -0.05) is 24.2 Å². The van der Waals surface area contributed by atoms with Crippen molar-refractivity contribution in [1.82, 2.24) is 20.0 Å². The molecule has 2 aromatic rings. The van der Waals surface area contributed by atoms with Crippen LogP contribution in [0.4, 0.5) is 0 Å². The van der Waals surface area contributed by atoms with E-state index in [-0.39, 0.29) is 5.41 Å². The Labute approximate surface area is 180 Å². The number of likely N-dealkylation sites (N-methyl/N-ethyl adjacent to an activating group) is 1. The zero-order valence-corrected chi connectivity index (χ0v) is 18.0. The smallest absolute Gasteiger partial charge is 0.205 e. The Morgan fingerprint density at radius 2 is 2.07 bits per heavy atom. The fourth-order valence-corrected chi connectivity index (χ4v) is 6.21. The first-order valence-corrected chi connectivity index (χ1v) is 11.4. The third-order valence-electron chi connectivity index (χ3n) is 7.07. The topological polar surface area (TPSA) is 120 Å². The van der Waals surface area contributed by atoms with Crippen LogP contribution in [0, 0.1) is 5.41 Å². The number of aromatic amines is 1. The highest BCUT2D eigenvalue weighted by molar-refractivity contribution is 8.03. The zero-order chi connectivity index (χ0) is 20.9. The molecular formula is C21H29N7OS. The van der Waals surface area contributed by atoms with E-state index in [9.17, 15) is 5.11 Å². The number of nitrogens with one attached hydrogen (secondary N) is 1. The van der Waals surface area contributed by atoms with Gasteiger partial charge in [-0.2, -0.15) is 10.1 Å². The highest BCUT2D eigenvalue weighted by atomic mass is 32.2. The number of guanidine groups is 1. The van der Waals surface area contributed by atoms with Crippen LogP contribution in [-0.2, 0) is 0 Å². The summed E-state index contributed by atoms with van der Waals surface area (Å²) in [6, 6.07) is 6.26. The van der Waals surface area contributed by atoms with Crippen LogP contribution in [0.25, 0.3) is 10.9 Å². The normalized spacial score (nSPS) is 26.7.